The van der Waals surface area contributed by atoms with Crippen LogP contribution in [0, 0.1) is 20.8 Å². The molecule has 0 radical (unpaired) electrons. The van der Waals surface area contributed by atoms with E-state index in [0.29, 0.717) is 22.5 Å². The lowest BCUT2D eigenvalue weighted by atomic mass is 10.1. The molecule has 30 heavy (non-hydrogen) atoms. The molecule has 0 saturated heterocycles. The quantitative estimate of drug-likeness (QED) is 0.523. The first-order chi connectivity index (χ1) is 14.3. The molecule has 0 aliphatic heterocycles. The average molecular weight is 418 g/mol. The van der Waals surface area contributed by atoms with Gasteiger partial charge in [0.1, 0.15) is 0 Å². The number of nitrogens with one attached hydrogen (secondary N) is 3. The van der Waals surface area contributed by atoms with Gasteiger partial charge in [0.05, 0.1) is 0 Å². The van der Waals surface area contributed by atoms with Crippen molar-refractivity contribution in [2.45, 2.75) is 20.8 Å². The number of thiocarbonyl (C=S) groups is 1. The first kappa shape index (κ1) is 21.2. The van der Waals surface area contributed by atoms with Crippen molar-refractivity contribution in [2.75, 3.05) is 10.6 Å². The molecular weight excluding hydrogens is 394 g/mol. The molecule has 0 spiro atoms. The highest BCUT2D eigenvalue weighted by molar-refractivity contribution is 7.80. The van der Waals surface area contributed by atoms with Gasteiger partial charge in [-0.2, -0.15) is 0 Å². The van der Waals surface area contributed by atoms with E-state index in [1.807, 2.05) is 51.1 Å². The van der Waals surface area contributed by atoms with Gasteiger partial charge in [0, 0.05) is 22.5 Å². The molecule has 3 aromatic rings. The lowest BCUT2D eigenvalue weighted by molar-refractivity contribution is 0.0976. The Morgan fingerprint density at radius 2 is 1.40 bits per heavy atom. The van der Waals surface area contributed by atoms with Crippen molar-refractivity contribution in [3.63, 3.8) is 0 Å². The van der Waals surface area contributed by atoms with Crippen LogP contribution in [0.4, 0.5) is 11.4 Å². The van der Waals surface area contributed by atoms with Gasteiger partial charge in [0.2, 0.25) is 0 Å². The van der Waals surface area contributed by atoms with E-state index in [1.54, 1.807) is 36.4 Å². The summed E-state index contributed by atoms with van der Waals surface area (Å²) in [5.41, 5.74) is 5.50. The Bertz CT molecular complexity index is 1120. The summed E-state index contributed by atoms with van der Waals surface area (Å²) in [6, 6.07) is 20.0. The number of aryl methyl sites for hydroxylation is 3. The van der Waals surface area contributed by atoms with Crippen molar-refractivity contribution < 1.29 is 9.59 Å². The van der Waals surface area contributed by atoms with Crippen LogP contribution >= 0.6 is 12.2 Å². The monoisotopic (exact) mass is 417 g/mol. The normalized spacial score (nSPS) is 10.2. The standard InChI is InChI=1S/C24H23N3O2S/c1-15-11-12-18(13-17(15)3)22(28)27-24(30)26-20-9-6-8-19(14-20)25-23(29)21-10-5-4-7-16(21)2/h4-14H,1-3H3,(H,25,29)(H2,26,27,28,30). The third-order valence-corrected chi connectivity index (χ3v) is 4.97. The van der Waals surface area contributed by atoms with Crippen LogP contribution in [0.1, 0.15) is 37.4 Å². The van der Waals surface area contributed by atoms with E-state index < -0.39 is 0 Å². The van der Waals surface area contributed by atoms with Gasteiger partial charge >= 0.3 is 0 Å². The average Bonchev–Trinajstić information content (AvgIpc) is 2.70. The summed E-state index contributed by atoms with van der Waals surface area (Å²) >= 11 is 5.27. The summed E-state index contributed by atoms with van der Waals surface area (Å²) in [4.78, 5) is 24.9. The van der Waals surface area contributed by atoms with Crippen LogP contribution in [-0.2, 0) is 0 Å². The van der Waals surface area contributed by atoms with Crippen molar-refractivity contribution in [3.8, 4) is 0 Å². The third-order valence-electron chi connectivity index (χ3n) is 4.76. The number of hydrogen-bond donors (Lipinski definition) is 3. The zero-order chi connectivity index (χ0) is 21.7. The topological polar surface area (TPSA) is 70.2 Å². The molecule has 0 saturated carbocycles. The van der Waals surface area contributed by atoms with Crippen molar-refractivity contribution in [2.24, 2.45) is 0 Å². The van der Waals surface area contributed by atoms with Gasteiger partial charge in [0.15, 0.2) is 5.11 Å². The molecule has 0 aliphatic rings. The molecule has 152 valence electrons. The number of hydrogen-bond acceptors (Lipinski definition) is 3. The van der Waals surface area contributed by atoms with Crippen molar-refractivity contribution >= 4 is 40.5 Å². The second-order valence-electron chi connectivity index (χ2n) is 7.06. The number of carbonyl (C=O) groups is 2. The van der Waals surface area contributed by atoms with Crippen LogP contribution < -0.4 is 16.0 Å². The summed E-state index contributed by atoms with van der Waals surface area (Å²) in [5, 5.41) is 8.72. The molecular formula is C24H23N3O2S. The zero-order valence-corrected chi connectivity index (χ0v) is 17.9. The van der Waals surface area contributed by atoms with Crippen LogP contribution in [0.5, 0.6) is 0 Å². The number of rotatable bonds is 4. The van der Waals surface area contributed by atoms with E-state index in [2.05, 4.69) is 16.0 Å². The molecule has 0 unspecified atom stereocenters. The lowest BCUT2D eigenvalue weighted by Crippen LogP contribution is -2.34. The number of carbonyl (C=O) groups excluding carboxylic acids is 2. The van der Waals surface area contributed by atoms with Gasteiger partial charge in [-0.1, -0.05) is 30.3 Å². The maximum absolute atomic E-state index is 12.5. The van der Waals surface area contributed by atoms with E-state index in [1.165, 1.54) is 0 Å². The predicted molar refractivity (Wildman–Crippen MR) is 125 cm³/mol. The van der Waals surface area contributed by atoms with E-state index >= 15 is 0 Å². The van der Waals surface area contributed by atoms with Gasteiger partial charge in [-0.25, -0.2) is 0 Å². The second-order valence-corrected chi connectivity index (χ2v) is 7.47. The zero-order valence-electron chi connectivity index (χ0n) is 17.1. The maximum atomic E-state index is 12.5. The largest absolute Gasteiger partial charge is 0.332 e. The molecule has 6 heteroatoms. The summed E-state index contributed by atoms with van der Waals surface area (Å²) in [7, 11) is 0. The van der Waals surface area contributed by atoms with Crippen LogP contribution in [0.2, 0.25) is 0 Å². The van der Waals surface area contributed by atoms with Crippen LogP contribution in [0.3, 0.4) is 0 Å². The molecule has 0 aliphatic carbocycles. The second kappa shape index (κ2) is 9.33. The summed E-state index contributed by atoms with van der Waals surface area (Å²) in [6.07, 6.45) is 0. The SMILES string of the molecule is Cc1ccc(C(=O)NC(=S)Nc2cccc(NC(=O)c3ccccc3C)c2)cc1C. The summed E-state index contributed by atoms with van der Waals surface area (Å²) in [6.45, 7) is 5.84. The first-order valence-electron chi connectivity index (χ1n) is 9.50. The van der Waals surface area contributed by atoms with E-state index in [0.717, 1.165) is 16.7 Å². The fourth-order valence-corrected chi connectivity index (χ4v) is 3.13. The predicted octanol–water partition coefficient (Wildman–Crippen LogP) is 4.99. The van der Waals surface area contributed by atoms with Gasteiger partial charge in [-0.3, -0.25) is 14.9 Å². The van der Waals surface area contributed by atoms with Gasteiger partial charge < -0.3 is 10.6 Å². The molecule has 3 rings (SSSR count). The van der Waals surface area contributed by atoms with Gasteiger partial charge in [-0.05, 0) is 86.1 Å². The van der Waals surface area contributed by atoms with Crippen LogP contribution in [0.15, 0.2) is 66.7 Å². The summed E-state index contributed by atoms with van der Waals surface area (Å²) in [5.74, 6) is -0.463. The lowest BCUT2D eigenvalue weighted by Gasteiger charge is -2.12. The van der Waals surface area contributed by atoms with Crippen LogP contribution in [0.25, 0.3) is 0 Å². The Hall–Kier alpha value is -3.51. The Morgan fingerprint density at radius 1 is 0.700 bits per heavy atom. The highest BCUT2D eigenvalue weighted by atomic mass is 32.1. The maximum Gasteiger partial charge on any atom is 0.257 e. The van der Waals surface area contributed by atoms with Crippen molar-refractivity contribution in [1.82, 2.24) is 5.32 Å². The highest BCUT2D eigenvalue weighted by Crippen LogP contribution is 2.17. The highest BCUT2D eigenvalue weighted by Gasteiger charge is 2.11. The molecule has 0 aromatic heterocycles. The minimum atomic E-state index is -0.278. The number of amides is 2. The molecule has 5 nitrogen and oxygen atoms in total. The Kier molecular flexibility index (Phi) is 6.59. The smallest absolute Gasteiger partial charge is 0.257 e. The minimum absolute atomic E-state index is 0.181. The Labute approximate surface area is 181 Å². The molecule has 3 N–H and O–H groups in total. The molecule has 0 bridgehead atoms. The van der Waals surface area contributed by atoms with Crippen LogP contribution in [-0.4, -0.2) is 16.9 Å². The first-order valence-corrected chi connectivity index (χ1v) is 9.91. The molecule has 2 amide bonds. The molecule has 0 fully saturated rings. The fourth-order valence-electron chi connectivity index (χ4n) is 2.92. The Balaban J connectivity index is 1.63. The van der Waals surface area contributed by atoms with E-state index in [9.17, 15) is 9.59 Å². The van der Waals surface area contributed by atoms with Crippen molar-refractivity contribution in [3.05, 3.63) is 94.5 Å². The molecule has 3 aromatic carbocycles. The summed E-state index contributed by atoms with van der Waals surface area (Å²) < 4.78 is 0. The Morgan fingerprint density at radius 3 is 2.10 bits per heavy atom. The molecule has 0 atom stereocenters. The van der Waals surface area contributed by atoms with Gasteiger partial charge in [0.25, 0.3) is 11.8 Å². The van der Waals surface area contributed by atoms with E-state index in [4.69, 9.17) is 12.2 Å². The van der Waals surface area contributed by atoms with Gasteiger partial charge in [-0.15, -0.1) is 0 Å². The number of anilines is 2. The number of benzene rings is 3. The fraction of sp³-hybridized carbons (Fsp3) is 0.125. The third kappa shape index (κ3) is 5.30. The minimum Gasteiger partial charge on any atom is -0.332 e. The molecule has 0 heterocycles. The van der Waals surface area contributed by atoms with Crippen molar-refractivity contribution in [1.29, 1.82) is 0 Å². The van der Waals surface area contributed by atoms with E-state index in [-0.39, 0.29) is 16.9 Å².